The Morgan fingerprint density at radius 2 is 1.91 bits per heavy atom. The molecule has 0 aliphatic heterocycles. The van der Waals surface area contributed by atoms with Crippen molar-refractivity contribution in [3.05, 3.63) is 59.2 Å². The SMILES string of the molecule is Cc1cccc(CC(=O)Nc2ccc(OCC(N)=O)cc2C)c1. The standard InChI is InChI=1S/C18H20N2O3/c1-12-4-3-5-14(8-12)10-18(22)20-16-7-6-15(9-13(16)2)23-11-17(19)21/h3-9H,10-11H2,1-2H3,(H2,19,21)(H,20,22). The van der Waals surface area contributed by atoms with Crippen LogP contribution in [0.5, 0.6) is 5.75 Å². The number of rotatable bonds is 6. The second kappa shape index (κ2) is 7.45. The number of nitrogens with one attached hydrogen (secondary N) is 1. The van der Waals surface area contributed by atoms with Crippen molar-refractivity contribution < 1.29 is 14.3 Å². The van der Waals surface area contributed by atoms with E-state index in [0.29, 0.717) is 17.9 Å². The number of amides is 2. The van der Waals surface area contributed by atoms with E-state index in [1.807, 2.05) is 38.1 Å². The molecule has 3 N–H and O–H groups in total. The minimum atomic E-state index is -0.529. The highest BCUT2D eigenvalue weighted by atomic mass is 16.5. The number of benzene rings is 2. The Morgan fingerprint density at radius 3 is 2.57 bits per heavy atom. The third-order valence-electron chi connectivity index (χ3n) is 3.30. The zero-order chi connectivity index (χ0) is 16.8. The first-order valence-corrected chi connectivity index (χ1v) is 7.31. The smallest absolute Gasteiger partial charge is 0.255 e. The summed E-state index contributed by atoms with van der Waals surface area (Å²) >= 11 is 0. The molecule has 0 aromatic heterocycles. The Bertz CT molecular complexity index is 726. The van der Waals surface area contributed by atoms with Gasteiger partial charge in [-0.15, -0.1) is 0 Å². The number of anilines is 1. The largest absolute Gasteiger partial charge is 0.484 e. The Labute approximate surface area is 135 Å². The Kier molecular flexibility index (Phi) is 5.36. The number of primary amides is 1. The average Bonchev–Trinajstić information content (AvgIpc) is 2.47. The van der Waals surface area contributed by atoms with Crippen LogP contribution in [-0.4, -0.2) is 18.4 Å². The molecule has 0 heterocycles. The maximum absolute atomic E-state index is 12.1. The van der Waals surface area contributed by atoms with Crippen molar-refractivity contribution in [2.45, 2.75) is 20.3 Å². The summed E-state index contributed by atoms with van der Waals surface area (Å²) in [7, 11) is 0. The van der Waals surface area contributed by atoms with Gasteiger partial charge in [-0.1, -0.05) is 29.8 Å². The van der Waals surface area contributed by atoms with Crippen molar-refractivity contribution >= 4 is 17.5 Å². The molecule has 5 heteroatoms. The highest BCUT2D eigenvalue weighted by molar-refractivity contribution is 5.93. The number of aryl methyl sites for hydroxylation is 2. The summed E-state index contributed by atoms with van der Waals surface area (Å²) in [6.45, 7) is 3.69. The second-order valence-corrected chi connectivity index (χ2v) is 5.45. The van der Waals surface area contributed by atoms with Crippen molar-refractivity contribution in [1.29, 1.82) is 0 Å². The molecule has 0 saturated carbocycles. The quantitative estimate of drug-likeness (QED) is 0.859. The van der Waals surface area contributed by atoms with Gasteiger partial charge in [-0.25, -0.2) is 0 Å². The van der Waals surface area contributed by atoms with E-state index in [9.17, 15) is 9.59 Å². The molecule has 0 fully saturated rings. The van der Waals surface area contributed by atoms with Crippen LogP contribution in [0.3, 0.4) is 0 Å². The summed E-state index contributed by atoms with van der Waals surface area (Å²) < 4.78 is 5.23. The van der Waals surface area contributed by atoms with Crippen molar-refractivity contribution in [3.8, 4) is 5.75 Å². The van der Waals surface area contributed by atoms with Crippen LogP contribution in [0.15, 0.2) is 42.5 Å². The lowest BCUT2D eigenvalue weighted by molar-refractivity contribution is -0.120. The molecule has 0 bridgehead atoms. The number of hydrogen-bond acceptors (Lipinski definition) is 3. The van der Waals surface area contributed by atoms with Crippen molar-refractivity contribution in [3.63, 3.8) is 0 Å². The molecule has 2 amide bonds. The maximum Gasteiger partial charge on any atom is 0.255 e. The van der Waals surface area contributed by atoms with Crippen LogP contribution in [0.25, 0.3) is 0 Å². The van der Waals surface area contributed by atoms with E-state index in [-0.39, 0.29) is 12.5 Å². The van der Waals surface area contributed by atoms with Gasteiger partial charge in [-0.3, -0.25) is 9.59 Å². The van der Waals surface area contributed by atoms with Crippen LogP contribution in [0, 0.1) is 13.8 Å². The third kappa shape index (κ3) is 5.14. The molecule has 5 nitrogen and oxygen atoms in total. The molecule has 23 heavy (non-hydrogen) atoms. The molecule has 0 radical (unpaired) electrons. The van der Waals surface area contributed by atoms with Gasteiger partial charge in [0.2, 0.25) is 5.91 Å². The molecular formula is C18H20N2O3. The lowest BCUT2D eigenvalue weighted by Crippen LogP contribution is -2.20. The average molecular weight is 312 g/mol. The molecule has 120 valence electrons. The van der Waals surface area contributed by atoms with Crippen LogP contribution >= 0.6 is 0 Å². The third-order valence-corrected chi connectivity index (χ3v) is 3.30. The highest BCUT2D eigenvalue weighted by Gasteiger charge is 2.08. The van der Waals surface area contributed by atoms with E-state index in [4.69, 9.17) is 10.5 Å². The fraction of sp³-hybridized carbons (Fsp3) is 0.222. The van der Waals surface area contributed by atoms with E-state index in [1.165, 1.54) is 0 Å². The van der Waals surface area contributed by atoms with Gasteiger partial charge < -0.3 is 15.8 Å². The highest BCUT2D eigenvalue weighted by Crippen LogP contribution is 2.21. The first kappa shape index (κ1) is 16.5. The van der Waals surface area contributed by atoms with E-state index in [0.717, 1.165) is 16.7 Å². The number of nitrogens with two attached hydrogens (primary N) is 1. The molecular weight excluding hydrogens is 292 g/mol. The normalized spacial score (nSPS) is 10.2. The van der Waals surface area contributed by atoms with E-state index < -0.39 is 5.91 Å². The fourth-order valence-corrected chi connectivity index (χ4v) is 2.22. The lowest BCUT2D eigenvalue weighted by atomic mass is 10.1. The van der Waals surface area contributed by atoms with Crippen LogP contribution in [0.1, 0.15) is 16.7 Å². The zero-order valence-electron chi connectivity index (χ0n) is 13.3. The summed E-state index contributed by atoms with van der Waals surface area (Å²) in [5.41, 5.74) is 8.71. The summed E-state index contributed by atoms with van der Waals surface area (Å²) in [4.78, 5) is 22.8. The first-order valence-electron chi connectivity index (χ1n) is 7.31. The second-order valence-electron chi connectivity index (χ2n) is 5.45. The molecule has 2 aromatic rings. The van der Waals surface area contributed by atoms with Crippen molar-refractivity contribution in [1.82, 2.24) is 0 Å². The van der Waals surface area contributed by atoms with Gasteiger partial charge in [0.1, 0.15) is 5.75 Å². The van der Waals surface area contributed by atoms with Gasteiger partial charge in [0.05, 0.1) is 6.42 Å². The molecule has 0 aliphatic carbocycles. The minimum absolute atomic E-state index is 0.0792. The van der Waals surface area contributed by atoms with Crippen LogP contribution in [0.4, 0.5) is 5.69 Å². The maximum atomic E-state index is 12.1. The van der Waals surface area contributed by atoms with Gasteiger partial charge in [-0.05, 0) is 43.2 Å². The van der Waals surface area contributed by atoms with Gasteiger partial charge in [-0.2, -0.15) is 0 Å². The summed E-state index contributed by atoms with van der Waals surface area (Å²) in [6, 6.07) is 13.1. The van der Waals surface area contributed by atoms with Gasteiger partial charge >= 0.3 is 0 Å². The minimum Gasteiger partial charge on any atom is -0.484 e. The van der Waals surface area contributed by atoms with Gasteiger partial charge in [0.25, 0.3) is 5.91 Å². The lowest BCUT2D eigenvalue weighted by Gasteiger charge is -2.11. The van der Waals surface area contributed by atoms with Crippen molar-refractivity contribution in [2.24, 2.45) is 5.73 Å². The molecule has 0 unspecified atom stereocenters. The number of ether oxygens (including phenoxy) is 1. The molecule has 2 aromatic carbocycles. The number of hydrogen-bond donors (Lipinski definition) is 2. The van der Waals surface area contributed by atoms with Crippen LogP contribution < -0.4 is 15.8 Å². The molecule has 0 aliphatic rings. The predicted molar refractivity (Wildman–Crippen MR) is 89.4 cm³/mol. The Hall–Kier alpha value is -2.82. The molecule has 0 spiro atoms. The van der Waals surface area contributed by atoms with Crippen molar-refractivity contribution in [2.75, 3.05) is 11.9 Å². The Morgan fingerprint density at radius 1 is 1.13 bits per heavy atom. The summed E-state index contributed by atoms with van der Waals surface area (Å²) in [6.07, 6.45) is 0.320. The van der Waals surface area contributed by atoms with Gasteiger partial charge in [0.15, 0.2) is 6.61 Å². The molecule has 2 rings (SSSR count). The van der Waals surface area contributed by atoms with Crippen LogP contribution in [0.2, 0.25) is 0 Å². The number of carbonyl (C=O) groups excluding carboxylic acids is 2. The summed E-state index contributed by atoms with van der Waals surface area (Å²) in [5, 5.41) is 2.88. The first-order chi connectivity index (χ1) is 10.9. The molecule has 0 saturated heterocycles. The van der Waals surface area contributed by atoms with E-state index >= 15 is 0 Å². The van der Waals surface area contributed by atoms with Gasteiger partial charge in [0, 0.05) is 5.69 Å². The van der Waals surface area contributed by atoms with E-state index in [2.05, 4.69) is 5.32 Å². The number of carbonyl (C=O) groups is 2. The fourth-order valence-electron chi connectivity index (χ4n) is 2.22. The topological polar surface area (TPSA) is 81.4 Å². The predicted octanol–water partition coefficient (Wildman–Crippen LogP) is 2.35. The molecule has 0 atom stereocenters. The van der Waals surface area contributed by atoms with Crippen LogP contribution in [-0.2, 0) is 16.0 Å². The Balaban J connectivity index is 1.99. The van der Waals surface area contributed by atoms with E-state index in [1.54, 1.807) is 18.2 Å². The summed E-state index contributed by atoms with van der Waals surface area (Å²) in [5.74, 6) is -0.0688. The monoisotopic (exact) mass is 312 g/mol. The zero-order valence-corrected chi connectivity index (χ0v) is 13.3.